The van der Waals surface area contributed by atoms with E-state index < -0.39 is 0 Å². The number of nitrogens with zero attached hydrogens (tertiary/aromatic N) is 4. The highest BCUT2D eigenvalue weighted by Gasteiger charge is 2.11. The fourth-order valence-electron chi connectivity index (χ4n) is 3.76. The quantitative estimate of drug-likeness (QED) is 0.175. The zero-order valence-corrected chi connectivity index (χ0v) is 20.9. The largest absolute Gasteiger partial charge is 0.388 e. The number of unbranched alkanes of at least 4 members (excludes halogenated alkanes) is 2. The molecule has 184 valence electrons. The number of fused-ring (bicyclic) bond motifs is 2. The maximum atomic E-state index is 12.1. The van der Waals surface area contributed by atoms with E-state index in [2.05, 4.69) is 9.97 Å². The third kappa shape index (κ3) is 6.60. The monoisotopic (exact) mass is 530 g/mol. The van der Waals surface area contributed by atoms with Gasteiger partial charge in [0.1, 0.15) is 18.3 Å². The van der Waals surface area contributed by atoms with Crippen molar-refractivity contribution in [2.24, 2.45) is 0 Å². The molecule has 2 aromatic heterocycles. The molecule has 0 saturated carbocycles. The van der Waals surface area contributed by atoms with E-state index in [1.807, 2.05) is 33.4 Å². The number of aliphatic hydroxyl groups is 1. The molecule has 0 bridgehead atoms. The highest BCUT2D eigenvalue weighted by atomic mass is 35.5. The SMILES string of the molecule is FCCCCn1c(CCl)nc2cc(Cl)ccc21.OCc1nc2cc(Cl)ccc2n1CCCCF. The second kappa shape index (κ2) is 13.2. The average Bonchev–Trinajstić information content (AvgIpc) is 3.36. The van der Waals surface area contributed by atoms with E-state index in [0.717, 1.165) is 47.3 Å². The predicted octanol–water partition coefficient (Wildman–Crippen LogP) is 7.11. The first-order valence-corrected chi connectivity index (χ1v) is 12.4. The molecule has 0 atom stereocenters. The number of hydrogen-bond donors (Lipinski definition) is 1. The Morgan fingerprint density at radius 3 is 1.65 bits per heavy atom. The molecular formula is C24H27Cl3F2N4O. The van der Waals surface area contributed by atoms with Gasteiger partial charge in [-0.25, -0.2) is 9.97 Å². The van der Waals surface area contributed by atoms with Crippen LogP contribution in [0.15, 0.2) is 36.4 Å². The molecule has 0 fully saturated rings. The summed E-state index contributed by atoms with van der Waals surface area (Å²) in [6.07, 6.45) is 2.61. The van der Waals surface area contributed by atoms with Crippen LogP contribution in [0.1, 0.15) is 37.3 Å². The van der Waals surface area contributed by atoms with Gasteiger partial charge >= 0.3 is 0 Å². The Kier molecular flexibility index (Phi) is 10.4. The summed E-state index contributed by atoms with van der Waals surface area (Å²) in [5, 5.41) is 10.5. The van der Waals surface area contributed by atoms with Gasteiger partial charge in [-0.05, 0) is 62.1 Å². The van der Waals surface area contributed by atoms with Crippen LogP contribution in [0.25, 0.3) is 22.1 Å². The normalized spacial score (nSPS) is 11.2. The van der Waals surface area contributed by atoms with Crippen LogP contribution in [0.3, 0.4) is 0 Å². The lowest BCUT2D eigenvalue weighted by Crippen LogP contribution is -2.04. The minimum Gasteiger partial charge on any atom is -0.388 e. The number of benzene rings is 2. The van der Waals surface area contributed by atoms with Crippen LogP contribution in [0.5, 0.6) is 0 Å². The number of alkyl halides is 3. The summed E-state index contributed by atoms with van der Waals surface area (Å²) in [4.78, 5) is 8.73. The van der Waals surface area contributed by atoms with Crippen LogP contribution >= 0.6 is 34.8 Å². The van der Waals surface area contributed by atoms with E-state index >= 15 is 0 Å². The molecule has 5 nitrogen and oxygen atoms in total. The second-order valence-corrected chi connectivity index (χ2v) is 8.85. The lowest BCUT2D eigenvalue weighted by Gasteiger charge is -2.06. The first-order chi connectivity index (χ1) is 16.5. The molecule has 0 aliphatic carbocycles. The van der Waals surface area contributed by atoms with Crippen molar-refractivity contribution in [2.75, 3.05) is 13.3 Å². The summed E-state index contributed by atoms with van der Waals surface area (Å²) in [5.74, 6) is 1.76. The Hall–Kier alpha value is -1.93. The van der Waals surface area contributed by atoms with Crippen LogP contribution in [0, 0.1) is 0 Å². The fraction of sp³-hybridized carbons (Fsp3) is 0.417. The molecule has 0 radical (unpaired) electrons. The number of hydrogen-bond acceptors (Lipinski definition) is 3. The van der Waals surface area contributed by atoms with Crippen molar-refractivity contribution >= 4 is 56.9 Å². The van der Waals surface area contributed by atoms with Crippen LogP contribution in [-0.2, 0) is 25.6 Å². The van der Waals surface area contributed by atoms with Gasteiger partial charge in [0.25, 0.3) is 0 Å². The summed E-state index contributed by atoms with van der Waals surface area (Å²) in [7, 11) is 0. The molecule has 2 heterocycles. The molecule has 0 saturated heterocycles. The van der Waals surface area contributed by atoms with Gasteiger partial charge in [0.05, 0.1) is 41.3 Å². The molecule has 0 aliphatic rings. The maximum absolute atomic E-state index is 12.1. The Balaban J connectivity index is 0.000000191. The van der Waals surface area contributed by atoms with E-state index in [1.165, 1.54) is 0 Å². The summed E-state index contributed by atoms with van der Waals surface area (Å²) >= 11 is 17.7. The lowest BCUT2D eigenvalue weighted by molar-refractivity contribution is 0.265. The Morgan fingerprint density at radius 2 is 1.21 bits per heavy atom. The third-order valence-corrected chi connectivity index (χ3v) is 6.08. The molecule has 0 unspecified atom stereocenters. The van der Waals surface area contributed by atoms with Crippen molar-refractivity contribution < 1.29 is 13.9 Å². The summed E-state index contributed by atoms with van der Waals surface area (Å²) in [5.41, 5.74) is 3.54. The number of aryl methyl sites for hydroxylation is 2. The summed E-state index contributed by atoms with van der Waals surface area (Å²) in [6, 6.07) is 11.0. The molecule has 0 aliphatic heterocycles. The first-order valence-electron chi connectivity index (χ1n) is 11.1. The van der Waals surface area contributed by atoms with Gasteiger partial charge in [-0.15, -0.1) is 11.6 Å². The van der Waals surface area contributed by atoms with Gasteiger partial charge < -0.3 is 14.2 Å². The van der Waals surface area contributed by atoms with E-state index in [9.17, 15) is 13.9 Å². The number of rotatable bonds is 10. The van der Waals surface area contributed by atoms with E-state index in [0.29, 0.717) is 41.1 Å². The third-order valence-electron chi connectivity index (χ3n) is 5.37. The summed E-state index contributed by atoms with van der Waals surface area (Å²) < 4.78 is 28.1. The van der Waals surface area contributed by atoms with Crippen molar-refractivity contribution in [1.82, 2.24) is 19.1 Å². The van der Waals surface area contributed by atoms with Crippen LogP contribution in [0.4, 0.5) is 8.78 Å². The van der Waals surface area contributed by atoms with E-state index in [1.54, 1.807) is 12.1 Å². The van der Waals surface area contributed by atoms with Gasteiger partial charge in [0.2, 0.25) is 0 Å². The lowest BCUT2D eigenvalue weighted by atomic mass is 10.3. The van der Waals surface area contributed by atoms with E-state index in [4.69, 9.17) is 34.8 Å². The molecule has 2 aromatic carbocycles. The molecule has 0 spiro atoms. The zero-order valence-electron chi connectivity index (χ0n) is 18.7. The molecular weight excluding hydrogens is 505 g/mol. The smallest absolute Gasteiger partial charge is 0.135 e. The van der Waals surface area contributed by atoms with E-state index in [-0.39, 0.29) is 20.0 Å². The fourth-order valence-corrected chi connectivity index (χ4v) is 4.29. The average molecular weight is 532 g/mol. The summed E-state index contributed by atoms with van der Waals surface area (Å²) in [6.45, 7) is 0.686. The van der Waals surface area contributed by atoms with Gasteiger partial charge in [0.15, 0.2) is 0 Å². The number of aromatic nitrogens is 4. The second-order valence-electron chi connectivity index (χ2n) is 7.71. The Morgan fingerprint density at radius 1 is 0.735 bits per heavy atom. The molecule has 10 heteroatoms. The van der Waals surface area contributed by atoms with Crippen molar-refractivity contribution in [1.29, 1.82) is 0 Å². The number of imidazole rings is 2. The Labute approximate surface area is 212 Å². The number of halogens is 5. The van der Waals surface area contributed by atoms with Gasteiger partial charge in [0, 0.05) is 23.1 Å². The van der Waals surface area contributed by atoms with Gasteiger partial charge in [-0.3, -0.25) is 8.78 Å². The van der Waals surface area contributed by atoms with Crippen molar-refractivity contribution in [2.45, 2.75) is 51.3 Å². The van der Waals surface area contributed by atoms with Crippen molar-refractivity contribution in [3.8, 4) is 0 Å². The highest BCUT2D eigenvalue weighted by Crippen LogP contribution is 2.23. The highest BCUT2D eigenvalue weighted by molar-refractivity contribution is 6.31. The van der Waals surface area contributed by atoms with Crippen LogP contribution in [-0.4, -0.2) is 37.6 Å². The standard InChI is InChI=1S/C12H13Cl2FN2.C12H14ClFN2O/c13-8-12-16-10-7-9(14)3-4-11(10)17(12)6-2-1-5-15;13-9-3-4-11-10(7-9)15-12(8-17)16(11)6-2-1-5-14/h3-4,7H,1-2,5-6,8H2;3-4,7,17H,1-2,5-6,8H2. The molecule has 34 heavy (non-hydrogen) atoms. The van der Waals surface area contributed by atoms with Gasteiger partial charge in [-0.1, -0.05) is 23.2 Å². The molecule has 4 aromatic rings. The van der Waals surface area contributed by atoms with Crippen LogP contribution < -0.4 is 0 Å². The minimum absolute atomic E-state index is 0.123. The maximum Gasteiger partial charge on any atom is 0.135 e. The molecule has 1 N–H and O–H groups in total. The zero-order chi connectivity index (χ0) is 24.5. The predicted molar refractivity (Wildman–Crippen MR) is 135 cm³/mol. The molecule has 4 rings (SSSR count). The first kappa shape index (κ1) is 26.7. The van der Waals surface area contributed by atoms with Crippen LogP contribution in [0.2, 0.25) is 10.0 Å². The van der Waals surface area contributed by atoms with Gasteiger partial charge in [-0.2, -0.15) is 0 Å². The van der Waals surface area contributed by atoms with Crippen molar-refractivity contribution in [3.05, 3.63) is 58.1 Å². The van der Waals surface area contributed by atoms with Crippen molar-refractivity contribution in [3.63, 3.8) is 0 Å². The number of aliphatic hydroxyl groups excluding tert-OH is 1. The minimum atomic E-state index is -0.313. The molecule has 0 amide bonds. The topological polar surface area (TPSA) is 55.9 Å². The Bertz CT molecular complexity index is 1120.